The van der Waals surface area contributed by atoms with Crippen molar-refractivity contribution in [3.05, 3.63) is 12.2 Å². The highest BCUT2D eigenvalue weighted by molar-refractivity contribution is 5.37. The highest BCUT2D eigenvalue weighted by Gasteiger charge is 2.24. The highest BCUT2D eigenvalue weighted by Crippen LogP contribution is 2.27. The molecule has 0 amide bonds. The zero-order valence-electron chi connectivity index (χ0n) is 12.0. The average Bonchev–Trinajstić information content (AvgIpc) is 3.08. The van der Waals surface area contributed by atoms with Gasteiger partial charge in [-0.3, -0.25) is 0 Å². The summed E-state index contributed by atoms with van der Waals surface area (Å²) in [5.41, 5.74) is -0.124. The van der Waals surface area contributed by atoms with Crippen LogP contribution in [-0.2, 0) is 10.3 Å². The first-order valence-electron chi connectivity index (χ1n) is 6.92. The molecule has 108 valence electrons. The van der Waals surface area contributed by atoms with Crippen molar-refractivity contribution in [2.75, 3.05) is 6.61 Å². The summed E-state index contributed by atoms with van der Waals surface area (Å²) in [5, 5.41) is 8.37. The van der Waals surface area contributed by atoms with Crippen LogP contribution >= 0.6 is 0 Å². The molecule has 0 radical (unpaired) electrons. The molecule has 3 heterocycles. The molecule has 1 atom stereocenters. The number of rotatable bonds is 2. The van der Waals surface area contributed by atoms with Gasteiger partial charge in [0.25, 0.3) is 5.89 Å². The number of hydrogen-bond donors (Lipinski definition) is 0. The van der Waals surface area contributed by atoms with E-state index >= 15 is 0 Å². The molecular formula is C13H19N5O2. The van der Waals surface area contributed by atoms with Crippen molar-refractivity contribution in [2.24, 2.45) is 0 Å². The van der Waals surface area contributed by atoms with E-state index < -0.39 is 0 Å². The van der Waals surface area contributed by atoms with Crippen LogP contribution in [0.15, 0.2) is 10.9 Å². The second-order valence-electron chi connectivity index (χ2n) is 6.00. The van der Waals surface area contributed by atoms with Gasteiger partial charge in [-0.15, -0.1) is 5.10 Å². The van der Waals surface area contributed by atoms with Gasteiger partial charge in [-0.2, -0.15) is 4.98 Å². The van der Waals surface area contributed by atoms with E-state index in [1.807, 2.05) is 0 Å². The molecule has 0 N–H and O–H groups in total. The van der Waals surface area contributed by atoms with E-state index in [0.717, 1.165) is 25.9 Å². The van der Waals surface area contributed by atoms with Gasteiger partial charge in [-0.1, -0.05) is 5.16 Å². The molecule has 1 aliphatic heterocycles. The lowest BCUT2D eigenvalue weighted by Crippen LogP contribution is -2.22. The van der Waals surface area contributed by atoms with Crippen LogP contribution in [0.4, 0.5) is 0 Å². The predicted molar refractivity (Wildman–Crippen MR) is 70.9 cm³/mol. The molecule has 3 rings (SSSR count). The van der Waals surface area contributed by atoms with Crippen molar-refractivity contribution >= 4 is 0 Å². The van der Waals surface area contributed by atoms with Crippen LogP contribution in [0.5, 0.6) is 0 Å². The van der Waals surface area contributed by atoms with Crippen molar-refractivity contribution in [3.8, 4) is 11.7 Å². The van der Waals surface area contributed by atoms with Gasteiger partial charge in [-0.25, -0.2) is 9.67 Å². The molecule has 2 aromatic heterocycles. The third-order valence-corrected chi connectivity index (χ3v) is 3.28. The summed E-state index contributed by atoms with van der Waals surface area (Å²) < 4.78 is 12.7. The standard InChI is InChI=1S/C13H19N5O2/c1-13(2,3)18-8-14-11(16-18)12-15-10(17-20-12)9-6-4-5-7-19-9/h8-9H,4-7H2,1-3H3/t9-/m0/s1. The fourth-order valence-electron chi connectivity index (χ4n) is 2.09. The third kappa shape index (κ3) is 2.58. The molecule has 0 unspecified atom stereocenters. The van der Waals surface area contributed by atoms with Crippen molar-refractivity contribution in [1.82, 2.24) is 24.9 Å². The first kappa shape index (κ1) is 13.2. The van der Waals surface area contributed by atoms with Crippen LogP contribution in [0.2, 0.25) is 0 Å². The first-order chi connectivity index (χ1) is 9.54. The maximum Gasteiger partial charge on any atom is 0.297 e. The van der Waals surface area contributed by atoms with E-state index in [4.69, 9.17) is 9.26 Å². The van der Waals surface area contributed by atoms with Crippen LogP contribution < -0.4 is 0 Å². The molecule has 0 bridgehead atoms. The Morgan fingerprint density at radius 1 is 1.30 bits per heavy atom. The SMILES string of the molecule is CC(C)(C)n1cnc(-c2nc([C@@H]3CCCCO3)no2)n1. The molecular weight excluding hydrogens is 258 g/mol. The summed E-state index contributed by atoms with van der Waals surface area (Å²) in [6.45, 7) is 6.92. The Balaban J connectivity index is 1.81. The molecule has 0 spiro atoms. The van der Waals surface area contributed by atoms with E-state index in [2.05, 4.69) is 41.0 Å². The van der Waals surface area contributed by atoms with Crippen LogP contribution in [0.1, 0.15) is 52.0 Å². The van der Waals surface area contributed by atoms with E-state index in [1.54, 1.807) is 11.0 Å². The normalized spacial score (nSPS) is 20.2. The minimum atomic E-state index is -0.124. The third-order valence-electron chi connectivity index (χ3n) is 3.28. The molecule has 1 saturated heterocycles. The minimum Gasteiger partial charge on any atom is -0.370 e. The van der Waals surface area contributed by atoms with E-state index in [-0.39, 0.29) is 11.6 Å². The Labute approximate surface area is 117 Å². The molecule has 1 aliphatic rings. The van der Waals surface area contributed by atoms with Gasteiger partial charge in [0.15, 0.2) is 0 Å². The number of nitrogens with zero attached hydrogens (tertiary/aromatic N) is 5. The minimum absolute atomic E-state index is 0.0639. The lowest BCUT2D eigenvalue weighted by atomic mass is 10.1. The summed E-state index contributed by atoms with van der Waals surface area (Å²) in [6.07, 6.45) is 4.77. The van der Waals surface area contributed by atoms with Crippen molar-refractivity contribution < 1.29 is 9.26 Å². The van der Waals surface area contributed by atoms with Crippen LogP contribution in [0.25, 0.3) is 11.7 Å². The van der Waals surface area contributed by atoms with Gasteiger partial charge in [0.05, 0.1) is 5.54 Å². The maximum atomic E-state index is 5.64. The second-order valence-corrected chi connectivity index (χ2v) is 6.00. The Morgan fingerprint density at radius 3 is 2.80 bits per heavy atom. The Morgan fingerprint density at radius 2 is 2.15 bits per heavy atom. The maximum absolute atomic E-state index is 5.64. The van der Waals surface area contributed by atoms with Gasteiger partial charge in [0, 0.05) is 6.61 Å². The Bertz CT molecular complexity index is 578. The predicted octanol–water partition coefficient (Wildman–Crippen LogP) is 2.32. The van der Waals surface area contributed by atoms with E-state index in [0.29, 0.717) is 17.5 Å². The van der Waals surface area contributed by atoms with E-state index in [9.17, 15) is 0 Å². The lowest BCUT2D eigenvalue weighted by molar-refractivity contribution is 0.00822. The van der Waals surface area contributed by atoms with Gasteiger partial charge in [0.2, 0.25) is 11.6 Å². The lowest BCUT2D eigenvalue weighted by Gasteiger charge is -2.18. The van der Waals surface area contributed by atoms with Crippen molar-refractivity contribution in [3.63, 3.8) is 0 Å². The fraction of sp³-hybridized carbons (Fsp3) is 0.692. The molecule has 7 heteroatoms. The Hall–Kier alpha value is -1.76. The zero-order chi connectivity index (χ0) is 14.2. The molecule has 20 heavy (non-hydrogen) atoms. The molecule has 7 nitrogen and oxygen atoms in total. The van der Waals surface area contributed by atoms with Gasteiger partial charge in [-0.05, 0) is 40.0 Å². The first-order valence-corrected chi connectivity index (χ1v) is 6.92. The molecule has 0 aromatic carbocycles. The van der Waals surface area contributed by atoms with Gasteiger partial charge < -0.3 is 9.26 Å². The number of hydrogen-bond acceptors (Lipinski definition) is 6. The monoisotopic (exact) mass is 277 g/mol. The fourth-order valence-corrected chi connectivity index (χ4v) is 2.09. The van der Waals surface area contributed by atoms with Crippen molar-refractivity contribution in [1.29, 1.82) is 0 Å². The quantitative estimate of drug-likeness (QED) is 0.838. The molecule has 0 saturated carbocycles. The Kier molecular flexibility index (Phi) is 3.29. The van der Waals surface area contributed by atoms with Crippen molar-refractivity contribution in [2.45, 2.75) is 51.7 Å². The van der Waals surface area contributed by atoms with Gasteiger partial charge >= 0.3 is 0 Å². The zero-order valence-corrected chi connectivity index (χ0v) is 12.0. The van der Waals surface area contributed by atoms with Gasteiger partial charge in [0.1, 0.15) is 12.4 Å². The number of ether oxygens (including phenoxy) is 1. The summed E-state index contributed by atoms with van der Waals surface area (Å²) in [5.74, 6) is 1.39. The smallest absolute Gasteiger partial charge is 0.297 e. The summed E-state index contributed by atoms with van der Waals surface area (Å²) in [6, 6.07) is 0. The molecule has 1 fully saturated rings. The molecule has 0 aliphatic carbocycles. The summed E-state index contributed by atoms with van der Waals surface area (Å²) in [4.78, 5) is 8.58. The topological polar surface area (TPSA) is 78.9 Å². The van der Waals surface area contributed by atoms with Crippen LogP contribution in [-0.4, -0.2) is 31.5 Å². The average molecular weight is 277 g/mol. The van der Waals surface area contributed by atoms with Crippen LogP contribution in [0, 0.1) is 0 Å². The second kappa shape index (κ2) is 4.97. The largest absolute Gasteiger partial charge is 0.370 e. The highest BCUT2D eigenvalue weighted by atomic mass is 16.5. The van der Waals surface area contributed by atoms with E-state index in [1.165, 1.54) is 0 Å². The summed E-state index contributed by atoms with van der Waals surface area (Å²) in [7, 11) is 0. The molecule has 2 aromatic rings. The summed E-state index contributed by atoms with van der Waals surface area (Å²) >= 11 is 0. The van der Waals surface area contributed by atoms with Crippen LogP contribution in [0.3, 0.4) is 0 Å². The number of aromatic nitrogens is 5.